The van der Waals surface area contributed by atoms with Gasteiger partial charge in [-0.05, 0) is 43.5 Å². The van der Waals surface area contributed by atoms with Gasteiger partial charge in [-0.15, -0.1) is 0 Å². The van der Waals surface area contributed by atoms with Crippen molar-refractivity contribution in [2.24, 2.45) is 10.9 Å². The molecule has 2 heterocycles. The van der Waals surface area contributed by atoms with Crippen molar-refractivity contribution in [1.82, 2.24) is 5.16 Å². The van der Waals surface area contributed by atoms with Crippen molar-refractivity contribution in [2.45, 2.75) is 46.5 Å². The highest BCUT2D eigenvalue weighted by molar-refractivity contribution is 6.05. The van der Waals surface area contributed by atoms with Crippen LogP contribution in [-0.4, -0.2) is 22.8 Å². The second-order valence-corrected chi connectivity index (χ2v) is 8.49. The lowest BCUT2D eigenvalue weighted by atomic mass is 9.93. The number of rotatable bonds is 4. The first-order valence-corrected chi connectivity index (χ1v) is 9.82. The molecule has 0 aliphatic carbocycles. The van der Waals surface area contributed by atoms with Crippen molar-refractivity contribution < 1.29 is 14.1 Å². The monoisotopic (exact) mass is 409 g/mol. The van der Waals surface area contributed by atoms with E-state index in [-0.39, 0.29) is 17.2 Å². The molecule has 3 rings (SSSR count). The van der Waals surface area contributed by atoms with Crippen LogP contribution in [0.2, 0.25) is 0 Å². The number of aliphatic imine (C=N–C) groups is 1. The molecule has 0 saturated carbocycles. The van der Waals surface area contributed by atoms with Gasteiger partial charge in [0.25, 0.3) is 5.91 Å². The molecule has 0 fully saturated rings. The number of nitrogens with zero attached hydrogens (tertiary/aromatic N) is 2. The number of urea groups is 1. The summed E-state index contributed by atoms with van der Waals surface area (Å²) in [4.78, 5) is 28.9. The fraction of sp³-hybridized carbons (Fsp3) is 0.364. The maximum Gasteiger partial charge on any atom is 0.324 e. The van der Waals surface area contributed by atoms with E-state index < -0.39 is 6.03 Å². The van der Waals surface area contributed by atoms with Gasteiger partial charge in [-0.1, -0.05) is 32.9 Å². The predicted molar refractivity (Wildman–Crippen MR) is 118 cm³/mol. The maximum atomic E-state index is 12.5. The molecule has 1 aromatic carbocycles. The van der Waals surface area contributed by atoms with Crippen molar-refractivity contribution in [3.63, 3.8) is 0 Å². The zero-order chi connectivity index (χ0) is 21.9. The first kappa shape index (κ1) is 21.3. The second-order valence-electron chi connectivity index (χ2n) is 8.49. The van der Waals surface area contributed by atoms with Crippen molar-refractivity contribution >= 4 is 34.8 Å². The Morgan fingerprint density at radius 1 is 1.07 bits per heavy atom. The van der Waals surface area contributed by atoms with Crippen LogP contribution in [0.25, 0.3) is 0 Å². The van der Waals surface area contributed by atoms with Gasteiger partial charge >= 0.3 is 6.03 Å². The third-order valence-corrected chi connectivity index (χ3v) is 4.71. The van der Waals surface area contributed by atoms with Gasteiger partial charge in [0.1, 0.15) is 5.76 Å². The van der Waals surface area contributed by atoms with E-state index in [1.807, 2.05) is 34.6 Å². The van der Waals surface area contributed by atoms with E-state index in [1.54, 1.807) is 36.5 Å². The summed E-state index contributed by atoms with van der Waals surface area (Å²) in [5.41, 5.74) is 2.70. The van der Waals surface area contributed by atoms with Crippen LogP contribution in [0.3, 0.4) is 0 Å². The van der Waals surface area contributed by atoms with E-state index >= 15 is 0 Å². The third kappa shape index (κ3) is 5.34. The van der Waals surface area contributed by atoms with Crippen LogP contribution < -0.4 is 16.0 Å². The number of carbonyl (C=O) groups excluding carboxylic acids is 2. The van der Waals surface area contributed by atoms with Crippen LogP contribution in [0.5, 0.6) is 0 Å². The Hall–Kier alpha value is -3.42. The summed E-state index contributed by atoms with van der Waals surface area (Å²) in [6.45, 7) is 9.95. The van der Waals surface area contributed by atoms with Crippen LogP contribution in [0.15, 0.2) is 51.6 Å². The minimum Gasteiger partial charge on any atom is -0.359 e. The Labute approximate surface area is 175 Å². The van der Waals surface area contributed by atoms with Crippen LogP contribution in [0.1, 0.15) is 46.8 Å². The second kappa shape index (κ2) is 8.52. The maximum absolute atomic E-state index is 12.5. The molecule has 0 spiro atoms. The molecule has 0 bridgehead atoms. The lowest BCUT2D eigenvalue weighted by Crippen LogP contribution is -2.22. The zero-order valence-corrected chi connectivity index (χ0v) is 17.9. The van der Waals surface area contributed by atoms with Crippen molar-refractivity contribution in [2.75, 3.05) is 16.0 Å². The Kier molecular flexibility index (Phi) is 6.05. The predicted octanol–water partition coefficient (Wildman–Crippen LogP) is 4.94. The summed E-state index contributed by atoms with van der Waals surface area (Å²) in [5.74, 6) is 0.982. The summed E-state index contributed by atoms with van der Waals surface area (Å²) in [7, 11) is 0. The molecule has 3 N–H and O–H groups in total. The molecule has 1 aliphatic rings. The molecule has 0 saturated heterocycles. The molecule has 158 valence electrons. The quantitative estimate of drug-likeness (QED) is 0.664. The fourth-order valence-electron chi connectivity index (χ4n) is 3.00. The number of amides is 3. The first-order valence-electron chi connectivity index (χ1n) is 9.82. The molecule has 1 aromatic heterocycles. The van der Waals surface area contributed by atoms with Crippen molar-refractivity contribution in [3.05, 3.63) is 47.9 Å². The van der Waals surface area contributed by atoms with Gasteiger partial charge in [-0.25, -0.2) is 4.79 Å². The number of carbonyl (C=O) groups is 2. The zero-order valence-electron chi connectivity index (χ0n) is 17.9. The molecule has 1 unspecified atom stereocenters. The van der Waals surface area contributed by atoms with Crippen LogP contribution >= 0.6 is 0 Å². The number of aromatic nitrogens is 1. The van der Waals surface area contributed by atoms with Crippen LogP contribution in [0.4, 0.5) is 22.0 Å². The Balaban J connectivity index is 1.56. The van der Waals surface area contributed by atoms with Gasteiger partial charge in [0.15, 0.2) is 5.82 Å². The van der Waals surface area contributed by atoms with Gasteiger partial charge < -0.3 is 15.2 Å². The average molecular weight is 409 g/mol. The summed E-state index contributed by atoms with van der Waals surface area (Å²) >= 11 is 0. The average Bonchev–Trinajstić information content (AvgIpc) is 3.12. The standard InChI is InChI=1S/C22H27N5O3/c1-13-10-14(2)23-12-17(13)20(28)24-15-6-8-16(9-7-15)25-21(29)26-19-11-18(30-27-19)22(3,4)5/h6-9,11-13H,10H2,1-5H3,(H,24,28)(H2,25,26,27,29). The Morgan fingerprint density at radius 3 is 2.27 bits per heavy atom. The van der Waals surface area contributed by atoms with Crippen LogP contribution in [-0.2, 0) is 10.2 Å². The Bertz CT molecular complexity index is 997. The summed E-state index contributed by atoms with van der Waals surface area (Å²) in [6.07, 6.45) is 2.41. The van der Waals surface area contributed by atoms with Crippen molar-refractivity contribution in [3.8, 4) is 0 Å². The summed E-state index contributed by atoms with van der Waals surface area (Å²) in [6, 6.07) is 8.13. The lowest BCUT2D eigenvalue weighted by molar-refractivity contribution is -0.113. The number of anilines is 3. The first-order chi connectivity index (χ1) is 14.1. The number of nitrogens with one attached hydrogen (secondary N) is 3. The number of hydrogen-bond donors (Lipinski definition) is 3. The highest BCUT2D eigenvalue weighted by Gasteiger charge is 2.21. The van der Waals surface area contributed by atoms with Gasteiger partial charge in [-0.3, -0.25) is 15.1 Å². The normalized spacial score (nSPS) is 16.4. The van der Waals surface area contributed by atoms with Gasteiger partial charge in [0, 0.05) is 40.3 Å². The molecule has 0 radical (unpaired) electrons. The molecule has 30 heavy (non-hydrogen) atoms. The number of hydrogen-bond acceptors (Lipinski definition) is 5. The minimum atomic E-state index is -0.435. The highest BCUT2D eigenvalue weighted by Crippen LogP contribution is 2.25. The van der Waals surface area contributed by atoms with E-state index in [0.717, 1.165) is 12.1 Å². The minimum absolute atomic E-state index is 0.127. The number of benzene rings is 1. The van der Waals surface area contributed by atoms with E-state index in [4.69, 9.17) is 4.52 Å². The molecule has 2 aromatic rings. The SMILES string of the molecule is CC1=NC=C(C(=O)Nc2ccc(NC(=O)Nc3cc(C(C)(C)C)on3)cc2)C(C)C1. The van der Waals surface area contributed by atoms with E-state index in [2.05, 4.69) is 26.1 Å². The molecule has 1 aliphatic heterocycles. The molecular formula is C22H27N5O3. The summed E-state index contributed by atoms with van der Waals surface area (Å²) < 4.78 is 5.25. The largest absolute Gasteiger partial charge is 0.359 e. The highest BCUT2D eigenvalue weighted by atomic mass is 16.5. The molecule has 8 heteroatoms. The van der Waals surface area contributed by atoms with E-state index in [0.29, 0.717) is 28.5 Å². The smallest absolute Gasteiger partial charge is 0.324 e. The van der Waals surface area contributed by atoms with Crippen molar-refractivity contribution in [1.29, 1.82) is 0 Å². The van der Waals surface area contributed by atoms with Gasteiger partial charge in [-0.2, -0.15) is 0 Å². The van der Waals surface area contributed by atoms with Gasteiger partial charge in [0.2, 0.25) is 0 Å². The molecule has 1 atom stereocenters. The van der Waals surface area contributed by atoms with Gasteiger partial charge in [0.05, 0.1) is 0 Å². The molecule has 8 nitrogen and oxygen atoms in total. The fourth-order valence-corrected chi connectivity index (χ4v) is 3.00. The van der Waals surface area contributed by atoms with E-state index in [1.165, 1.54) is 0 Å². The van der Waals surface area contributed by atoms with Crippen LogP contribution in [0, 0.1) is 5.92 Å². The molecular weight excluding hydrogens is 382 g/mol. The Morgan fingerprint density at radius 2 is 1.70 bits per heavy atom. The topological polar surface area (TPSA) is 109 Å². The molecule has 3 amide bonds. The lowest BCUT2D eigenvalue weighted by Gasteiger charge is -2.18. The summed E-state index contributed by atoms with van der Waals surface area (Å²) in [5, 5.41) is 12.1. The van der Waals surface area contributed by atoms with E-state index in [9.17, 15) is 9.59 Å². The third-order valence-electron chi connectivity index (χ3n) is 4.71.